The smallest absolute Gasteiger partial charge is 0.0396 e. The molecule has 0 aromatic heterocycles. The molecule has 2 rings (SSSR count). The molecule has 0 amide bonds. The summed E-state index contributed by atoms with van der Waals surface area (Å²) in [6.07, 6.45) is 18.1. The highest BCUT2D eigenvalue weighted by atomic mass is 32.2. The average Bonchev–Trinajstić information content (AvgIpc) is 2.81. The van der Waals surface area contributed by atoms with E-state index >= 15 is 0 Å². The molecule has 1 aliphatic carbocycles. The highest BCUT2D eigenvalue weighted by Gasteiger charge is 2.13. The third-order valence-corrected chi connectivity index (χ3v) is 5.56. The summed E-state index contributed by atoms with van der Waals surface area (Å²) in [5.74, 6) is 0. The molecule has 0 unspecified atom stereocenters. The minimum atomic E-state index is 0.792. The zero-order valence-corrected chi connectivity index (χ0v) is 17.6. The Bertz CT molecular complexity index is 869. The van der Waals surface area contributed by atoms with E-state index in [0.717, 1.165) is 28.1 Å². The second-order valence-electron chi connectivity index (χ2n) is 6.45. The Balaban J connectivity index is 2.55. The summed E-state index contributed by atoms with van der Waals surface area (Å²) >= 11 is 1.74. The number of nitrogen functional groups attached to an aromatic ring is 1. The molecule has 140 valence electrons. The molecule has 0 aliphatic heterocycles. The Hall–Kier alpha value is -2.45. The van der Waals surface area contributed by atoms with Crippen molar-refractivity contribution in [2.24, 2.45) is 0 Å². The summed E-state index contributed by atoms with van der Waals surface area (Å²) in [5.41, 5.74) is 13.0. The van der Waals surface area contributed by atoms with Crippen molar-refractivity contribution in [3.8, 4) is 0 Å². The van der Waals surface area contributed by atoms with Crippen molar-refractivity contribution >= 4 is 23.0 Å². The second kappa shape index (κ2) is 10.0. The van der Waals surface area contributed by atoms with E-state index in [4.69, 9.17) is 5.73 Å². The quantitative estimate of drug-likeness (QED) is 0.411. The fraction of sp³-hybridized carbons (Fsp3) is 0.200. The molecule has 0 fully saturated rings. The maximum Gasteiger partial charge on any atom is 0.0396 e. The van der Waals surface area contributed by atoms with Crippen molar-refractivity contribution in [1.29, 1.82) is 0 Å². The fourth-order valence-electron chi connectivity index (χ4n) is 3.07. The summed E-state index contributed by atoms with van der Waals surface area (Å²) in [5, 5.41) is 0. The number of thioether (sulfide) groups is 1. The molecule has 0 saturated carbocycles. The van der Waals surface area contributed by atoms with E-state index in [-0.39, 0.29) is 0 Å². The maximum absolute atomic E-state index is 6.33. The highest BCUT2D eigenvalue weighted by molar-refractivity contribution is 8.07. The Kier molecular flexibility index (Phi) is 7.75. The van der Waals surface area contributed by atoms with Gasteiger partial charge in [0.15, 0.2) is 0 Å². The Morgan fingerprint density at radius 3 is 2.56 bits per heavy atom. The summed E-state index contributed by atoms with van der Waals surface area (Å²) < 4.78 is 0. The van der Waals surface area contributed by atoms with Crippen molar-refractivity contribution in [1.82, 2.24) is 0 Å². The second-order valence-corrected chi connectivity index (χ2v) is 7.57. The molecule has 0 saturated heterocycles. The van der Waals surface area contributed by atoms with Crippen LogP contribution in [-0.2, 0) is 0 Å². The number of benzene rings is 1. The van der Waals surface area contributed by atoms with Gasteiger partial charge in [0.2, 0.25) is 0 Å². The van der Waals surface area contributed by atoms with Crippen LogP contribution in [0.1, 0.15) is 38.3 Å². The molecule has 1 aliphatic rings. The number of allylic oxidation sites excluding steroid dienone is 11. The van der Waals surface area contributed by atoms with E-state index in [2.05, 4.69) is 75.9 Å². The zero-order valence-electron chi connectivity index (χ0n) is 16.8. The molecule has 1 aromatic rings. The van der Waals surface area contributed by atoms with Gasteiger partial charge >= 0.3 is 0 Å². The van der Waals surface area contributed by atoms with Gasteiger partial charge in [0.05, 0.1) is 0 Å². The predicted octanol–water partition coefficient (Wildman–Crippen LogP) is 7.52. The van der Waals surface area contributed by atoms with Gasteiger partial charge in [-0.25, -0.2) is 0 Å². The van der Waals surface area contributed by atoms with Gasteiger partial charge in [0.1, 0.15) is 0 Å². The number of anilines is 1. The van der Waals surface area contributed by atoms with Crippen molar-refractivity contribution in [2.75, 3.05) is 5.73 Å². The number of hydrogen-bond donors (Lipinski definition) is 1. The highest BCUT2D eigenvalue weighted by Crippen LogP contribution is 2.39. The van der Waals surface area contributed by atoms with E-state index in [1.807, 2.05) is 25.1 Å². The fourth-order valence-corrected chi connectivity index (χ4v) is 4.06. The first kappa shape index (κ1) is 20.9. The standard InChI is InChI=1S/C25H29NS/c1-6-11-20-17-21(15-9-13-18(20)4)27-24(8-3)22(12-7-2)25-19(5)14-10-16-23(25)26/h6-8,10-17H,3,9,26H2,1-2,4-5H3/b11-6-,12-7?,24-22-. The molecule has 2 N–H and O–H groups in total. The van der Waals surface area contributed by atoms with Gasteiger partial charge in [-0.05, 0) is 68.5 Å². The summed E-state index contributed by atoms with van der Waals surface area (Å²) in [7, 11) is 0. The number of hydrogen-bond acceptors (Lipinski definition) is 2. The van der Waals surface area contributed by atoms with Crippen LogP contribution in [0.5, 0.6) is 0 Å². The van der Waals surface area contributed by atoms with Gasteiger partial charge in [-0.1, -0.05) is 73.0 Å². The lowest BCUT2D eigenvalue weighted by Crippen LogP contribution is -1.97. The summed E-state index contributed by atoms with van der Waals surface area (Å²) in [6.45, 7) is 12.4. The van der Waals surface area contributed by atoms with Crippen LogP contribution < -0.4 is 5.73 Å². The van der Waals surface area contributed by atoms with Crippen molar-refractivity contribution < 1.29 is 0 Å². The van der Waals surface area contributed by atoms with Crippen molar-refractivity contribution in [2.45, 2.75) is 34.1 Å². The van der Waals surface area contributed by atoms with Gasteiger partial charge < -0.3 is 5.73 Å². The van der Waals surface area contributed by atoms with E-state index in [9.17, 15) is 0 Å². The van der Waals surface area contributed by atoms with Crippen LogP contribution in [0.2, 0.25) is 0 Å². The van der Waals surface area contributed by atoms with E-state index < -0.39 is 0 Å². The first-order valence-corrected chi connectivity index (χ1v) is 10.1. The van der Waals surface area contributed by atoms with Crippen molar-refractivity contribution in [3.63, 3.8) is 0 Å². The predicted molar refractivity (Wildman–Crippen MR) is 124 cm³/mol. The van der Waals surface area contributed by atoms with Crippen molar-refractivity contribution in [3.05, 3.63) is 105 Å². The van der Waals surface area contributed by atoms with Crippen LogP contribution >= 0.6 is 11.8 Å². The summed E-state index contributed by atoms with van der Waals surface area (Å²) in [6, 6.07) is 6.05. The van der Waals surface area contributed by atoms with Gasteiger partial charge in [0.25, 0.3) is 0 Å². The number of nitrogens with two attached hydrogens (primary N) is 1. The monoisotopic (exact) mass is 375 g/mol. The number of aryl methyl sites for hydroxylation is 1. The molecule has 0 atom stereocenters. The molecule has 0 spiro atoms. The SMILES string of the molecule is C=C/C(SC1=CCC=C(C)C(/C=C\C)=C1)=C(\C=CC)c1c(C)cccc1N. The molecular weight excluding hydrogens is 346 g/mol. The minimum Gasteiger partial charge on any atom is -0.398 e. The van der Waals surface area contributed by atoms with Crippen LogP contribution in [-0.4, -0.2) is 0 Å². The van der Waals surface area contributed by atoms with Crippen LogP contribution in [0, 0.1) is 6.92 Å². The largest absolute Gasteiger partial charge is 0.398 e. The van der Waals surface area contributed by atoms with Gasteiger partial charge in [-0.3, -0.25) is 0 Å². The topological polar surface area (TPSA) is 26.0 Å². The third-order valence-electron chi connectivity index (χ3n) is 4.43. The van der Waals surface area contributed by atoms with Gasteiger partial charge in [0, 0.05) is 21.1 Å². The van der Waals surface area contributed by atoms with E-state index in [1.165, 1.54) is 21.6 Å². The molecule has 0 bridgehead atoms. The van der Waals surface area contributed by atoms with Crippen LogP contribution in [0.4, 0.5) is 5.69 Å². The lowest BCUT2D eigenvalue weighted by atomic mass is 9.97. The minimum absolute atomic E-state index is 0.792. The molecule has 1 nitrogen and oxygen atoms in total. The van der Waals surface area contributed by atoms with Crippen LogP contribution in [0.15, 0.2) is 94.3 Å². The molecular formula is C25H29NS. The molecule has 1 aromatic carbocycles. The van der Waals surface area contributed by atoms with E-state index in [0.29, 0.717) is 0 Å². The van der Waals surface area contributed by atoms with E-state index in [1.54, 1.807) is 11.8 Å². The first-order valence-electron chi connectivity index (χ1n) is 9.26. The Labute approximate surface area is 168 Å². The summed E-state index contributed by atoms with van der Waals surface area (Å²) in [4.78, 5) is 2.33. The lowest BCUT2D eigenvalue weighted by Gasteiger charge is -2.15. The first-order chi connectivity index (χ1) is 13.0. The molecule has 0 radical (unpaired) electrons. The van der Waals surface area contributed by atoms with Gasteiger partial charge in [-0.2, -0.15) is 0 Å². The maximum atomic E-state index is 6.33. The third kappa shape index (κ3) is 5.27. The normalized spacial score (nSPS) is 15.9. The molecule has 2 heteroatoms. The van der Waals surface area contributed by atoms with Crippen LogP contribution in [0.25, 0.3) is 5.57 Å². The number of rotatable bonds is 6. The molecule has 0 heterocycles. The lowest BCUT2D eigenvalue weighted by molar-refractivity contribution is 1.32. The average molecular weight is 376 g/mol. The zero-order chi connectivity index (χ0) is 19.8. The molecule has 27 heavy (non-hydrogen) atoms. The Morgan fingerprint density at radius 2 is 1.93 bits per heavy atom. The van der Waals surface area contributed by atoms with Crippen LogP contribution in [0.3, 0.4) is 0 Å². The Morgan fingerprint density at radius 1 is 1.15 bits per heavy atom. The van der Waals surface area contributed by atoms with Gasteiger partial charge in [-0.15, -0.1) is 0 Å².